The van der Waals surface area contributed by atoms with Crippen LogP contribution in [0.15, 0.2) is 22.8 Å². The molecule has 1 fully saturated rings. The molecule has 0 amide bonds. The molecule has 2 rings (SSSR count). The Balaban J connectivity index is 0.000000487. The molecule has 1 aromatic rings. The van der Waals surface area contributed by atoms with E-state index in [1.807, 2.05) is 12.1 Å². The number of thiocarbonyl (C=S) groups is 1. The second kappa shape index (κ2) is 12.2. The van der Waals surface area contributed by atoms with Crippen molar-refractivity contribution in [2.45, 2.75) is 13.0 Å². The van der Waals surface area contributed by atoms with Crippen molar-refractivity contribution >= 4 is 29.3 Å². The summed E-state index contributed by atoms with van der Waals surface area (Å²) in [5.41, 5.74) is 0. The molecular formula is C16H25N3O6S. The van der Waals surface area contributed by atoms with Crippen LogP contribution >= 0.6 is 12.2 Å². The van der Waals surface area contributed by atoms with Crippen LogP contribution in [0.1, 0.15) is 12.2 Å². The SMILES string of the molecule is COCCCNC(=S)N1CCN(Cc2ccco2)CC1.O=C(O)C(=O)O. The molecule has 1 aromatic heterocycles. The molecule has 0 unspecified atom stereocenters. The normalized spacial score (nSPS) is 14.3. The molecule has 1 aliphatic rings. The predicted molar refractivity (Wildman–Crippen MR) is 97.9 cm³/mol. The second-order valence-corrected chi connectivity index (χ2v) is 5.92. The molecule has 0 spiro atoms. The zero-order valence-corrected chi connectivity index (χ0v) is 15.5. The summed E-state index contributed by atoms with van der Waals surface area (Å²) in [5.74, 6) is -2.62. The number of aliphatic carboxylic acids is 2. The number of nitrogens with one attached hydrogen (secondary N) is 1. The number of ether oxygens (including phenoxy) is 1. The van der Waals surface area contributed by atoms with Gasteiger partial charge in [-0.2, -0.15) is 0 Å². The Morgan fingerprint density at radius 1 is 1.27 bits per heavy atom. The van der Waals surface area contributed by atoms with Crippen molar-refractivity contribution in [1.29, 1.82) is 0 Å². The number of nitrogens with zero attached hydrogens (tertiary/aromatic N) is 2. The van der Waals surface area contributed by atoms with Crippen molar-refractivity contribution in [1.82, 2.24) is 15.1 Å². The quantitative estimate of drug-likeness (QED) is 0.361. The lowest BCUT2D eigenvalue weighted by Gasteiger charge is -2.35. The van der Waals surface area contributed by atoms with E-state index in [2.05, 4.69) is 15.1 Å². The third-order valence-corrected chi connectivity index (χ3v) is 4.01. The van der Waals surface area contributed by atoms with Crippen molar-refractivity contribution in [2.75, 3.05) is 46.4 Å². The summed E-state index contributed by atoms with van der Waals surface area (Å²) >= 11 is 5.42. The number of piperazine rings is 1. The van der Waals surface area contributed by atoms with Crippen molar-refractivity contribution in [3.05, 3.63) is 24.2 Å². The van der Waals surface area contributed by atoms with Crippen LogP contribution < -0.4 is 5.32 Å². The maximum absolute atomic E-state index is 9.10. The average molecular weight is 387 g/mol. The van der Waals surface area contributed by atoms with Crippen LogP contribution in [-0.2, 0) is 20.9 Å². The topological polar surface area (TPSA) is 115 Å². The fourth-order valence-corrected chi connectivity index (χ4v) is 2.54. The molecular weight excluding hydrogens is 362 g/mol. The first kappa shape index (κ1) is 21.9. The van der Waals surface area contributed by atoms with E-state index >= 15 is 0 Å². The van der Waals surface area contributed by atoms with Crippen LogP contribution in [0.5, 0.6) is 0 Å². The third kappa shape index (κ3) is 8.79. The van der Waals surface area contributed by atoms with Gasteiger partial charge in [-0.25, -0.2) is 9.59 Å². The van der Waals surface area contributed by atoms with Gasteiger partial charge in [0.05, 0.1) is 12.8 Å². The number of rotatable bonds is 6. The largest absolute Gasteiger partial charge is 0.473 e. The smallest absolute Gasteiger partial charge is 0.414 e. The summed E-state index contributed by atoms with van der Waals surface area (Å²) in [6.07, 6.45) is 2.71. The zero-order chi connectivity index (χ0) is 19.4. The van der Waals surface area contributed by atoms with Gasteiger partial charge in [-0.1, -0.05) is 0 Å². The van der Waals surface area contributed by atoms with Crippen molar-refractivity contribution in [3.63, 3.8) is 0 Å². The Morgan fingerprint density at radius 2 is 1.92 bits per heavy atom. The molecule has 9 nitrogen and oxygen atoms in total. The summed E-state index contributed by atoms with van der Waals surface area (Å²) in [4.78, 5) is 22.8. The summed E-state index contributed by atoms with van der Waals surface area (Å²) < 4.78 is 10.4. The van der Waals surface area contributed by atoms with Crippen molar-refractivity contribution in [2.24, 2.45) is 0 Å². The van der Waals surface area contributed by atoms with Crippen LogP contribution in [0.3, 0.4) is 0 Å². The second-order valence-electron chi connectivity index (χ2n) is 5.53. The standard InChI is InChI=1S/C14H23N3O2S.C2H2O4/c1-18-10-3-5-15-14(20)17-8-6-16(7-9-17)12-13-4-2-11-19-13;3-1(4)2(5)6/h2,4,11H,3,5-10,12H2,1H3,(H,15,20);(H,3,4)(H,5,6). The minimum Gasteiger partial charge on any atom is -0.473 e. The summed E-state index contributed by atoms with van der Waals surface area (Å²) in [5, 5.41) is 18.9. The fraction of sp³-hybridized carbons (Fsp3) is 0.562. The Morgan fingerprint density at radius 3 is 2.42 bits per heavy atom. The molecule has 0 atom stereocenters. The summed E-state index contributed by atoms with van der Waals surface area (Å²) in [6, 6.07) is 3.96. The molecule has 0 aliphatic carbocycles. The van der Waals surface area contributed by atoms with E-state index in [9.17, 15) is 0 Å². The van der Waals surface area contributed by atoms with E-state index < -0.39 is 11.9 Å². The highest BCUT2D eigenvalue weighted by Crippen LogP contribution is 2.09. The monoisotopic (exact) mass is 387 g/mol. The fourth-order valence-electron chi connectivity index (χ4n) is 2.26. The van der Waals surface area contributed by atoms with Crippen LogP contribution in [0.25, 0.3) is 0 Å². The molecule has 1 aliphatic heterocycles. The number of carboxylic acids is 2. The molecule has 0 aromatic carbocycles. The van der Waals surface area contributed by atoms with E-state index in [1.54, 1.807) is 13.4 Å². The number of methoxy groups -OCH3 is 1. The first-order valence-electron chi connectivity index (χ1n) is 8.16. The highest BCUT2D eigenvalue weighted by molar-refractivity contribution is 7.80. The van der Waals surface area contributed by atoms with Gasteiger partial charge < -0.3 is 29.6 Å². The Bertz CT molecular complexity index is 546. The van der Waals surface area contributed by atoms with Gasteiger partial charge in [-0.3, -0.25) is 4.90 Å². The molecule has 2 heterocycles. The Kier molecular flexibility index (Phi) is 10.3. The molecule has 0 radical (unpaired) electrons. The number of hydrogen-bond donors (Lipinski definition) is 3. The van der Waals surface area contributed by atoms with Gasteiger partial charge >= 0.3 is 11.9 Å². The Hall–Kier alpha value is -2.17. The van der Waals surface area contributed by atoms with Crippen LogP contribution in [-0.4, -0.2) is 83.5 Å². The van der Waals surface area contributed by atoms with Gasteiger partial charge in [0.15, 0.2) is 5.11 Å². The lowest BCUT2D eigenvalue weighted by Crippen LogP contribution is -2.51. The first-order chi connectivity index (χ1) is 12.4. The van der Waals surface area contributed by atoms with Gasteiger partial charge in [0.1, 0.15) is 5.76 Å². The number of carbonyl (C=O) groups is 2. The molecule has 3 N–H and O–H groups in total. The highest BCUT2D eigenvalue weighted by Gasteiger charge is 2.19. The molecule has 10 heteroatoms. The van der Waals surface area contributed by atoms with Gasteiger partial charge in [-0.05, 0) is 30.8 Å². The average Bonchev–Trinajstić information content (AvgIpc) is 3.12. The molecule has 1 saturated heterocycles. The summed E-state index contributed by atoms with van der Waals surface area (Å²) in [6.45, 7) is 6.50. The van der Waals surface area contributed by atoms with Gasteiger partial charge in [0, 0.05) is 46.4 Å². The van der Waals surface area contributed by atoms with Crippen LogP contribution in [0.4, 0.5) is 0 Å². The maximum Gasteiger partial charge on any atom is 0.414 e. The van der Waals surface area contributed by atoms with Gasteiger partial charge in [0.25, 0.3) is 0 Å². The third-order valence-electron chi connectivity index (χ3n) is 3.60. The van der Waals surface area contributed by atoms with Gasteiger partial charge in [0.2, 0.25) is 0 Å². The number of furan rings is 1. The van der Waals surface area contributed by atoms with Crippen LogP contribution in [0.2, 0.25) is 0 Å². The van der Waals surface area contributed by atoms with E-state index in [4.69, 9.17) is 41.2 Å². The minimum atomic E-state index is -1.82. The number of hydrogen-bond acceptors (Lipinski definition) is 6. The van der Waals surface area contributed by atoms with E-state index in [0.717, 1.165) is 63.2 Å². The maximum atomic E-state index is 9.10. The van der Waals surface area contributed by atoms with Gasteiger partial charge in [-0.15, -0.1) is 0 Å². The van der Waals surface area contributed by atoms with E-state index in [-0.39, 0.29) is 0 Å². The number of carboxylic acid groups (broad SMARTS) is 2. The minimum absolute atomic E-state index is 0.770. The molecule has 146 valence electrons. The Labute approximate surface area is 157 Å². The lowest BCUT2D eigenvalue weighted by molar-refractivity contribution is -0.159. The predicted octanol–water partition coefficient (Wildman–Crippen LogP) is 0.464. The van der Waals surface area contributed by atoms with E-state index in [0.29, 0.717) is 0 Å². The van der Waals surface area contributed by atoms with E-state index in [1.165, 1.54) is 0 Å². The highest BCUT2D eigenvalue weighted by atomic mass is 32.1. The molecule has 0 saturated carbocycles. The molecule has 0 bridgehead atoms. The first-order valence-corrected chi connectivity index (χ1v) is 8.57. The van der Waals surface area contributed by atoms with Crippen molar-refractivity contribution < 1.29 is 29.0 Å². The zero-order valence-electron chi connectivity index (χ0n) is 14.7. The molecule has 26 heavy (non-hydrogen) atoms. The summed E-state index contributed by atoms with van der Waals surface area (Å²) in [7, 11) is 1.72. The lowest BCUT2D eigenvalue weighted by atomic mass is 10.3. The van der Waals surface area contributed by atoms with Crippen LogP contribution in [0, 0.1) is 0 Å². The van der Waals surface area contributed by atoms with Crippen molar-refractivity contribution in [3.8, 4) is 0 Å².